The van der Waals surface area contributed by atoms with Crippen molar-refractivity contribution >= 4 is 22.8 Å². The summed E-state index contributed by atoms with van der Waals surface area (Å²) >= 11 is 0. The number of allylic oxidation sites excluding steroid dienone is 3. The van der Waals surface area contributed by atoms with Gasteiger partial charge in [0.15, 0.2) is 0 Å². The van der Waals surface area contributed by atoms with Crippen molar-refractivity contribution in [2.24, 2.45) is 5.92 Å². The highest BCUT2D eigenvalue weighted by Gasteiger charge is 2.40. The molecule has 1 aromatic carbocycles. The van der Waals surface area contributed by atoms with E-state index in [9.17, 15) is 26.7 Å². The van der Waals surface area contributed by atoms with Gasteiger partial charge in [-0.25, -0.2) is 18.6 Å². The lowest BCUT2D eigenvalue weighted by molar-refractivity contribution is -0.101. The summed E-state index contributed by atoms with van der Waals surface area (Å²) in [6, 6.07) is 9.13. The third kappa shape index (κ3) is 5.53. The number of H-pyrrole nitrogens is 1. The maximum atomic E-state index is 13.3. The van der Waals surface area contributed by atoms with E-state index in [1.165, 1.54) is 6.08 Å². The minimum Gasteiger partial charge on any atom is -0.457 e. The Balaban J connectivity index is 1.38. The molecule has 0 fully saturated rings. The van der Waals surface area contributed by atoms with Gasteiger partial charge in [-0.3, -0.25) is 0 Å². The molecule has 1 aliphatic carbocycles. The van der Waals surface area contributed by atoms with Crippen molar-refractivity contribution in [3.8, 4) is 11.5 Å². The quantitative estimate of drug-likeness (QED) is 0.353. The van der Waals surface area contributed by atoms with Gasteiger partial charge in [0.05, 0.1) is 5.39 Å². The van der Waals surface area contributed by atoms with Crippen molar-refractivity contribution in [1.82, 2.24) is 15.3 Å². The number of hydrogen-bond donors (Lipinski definition) is 3. The lowest BCUT2D eigenvalue weighted by Gasteiger charge is -2.25. The van der Waals surface area contributed by atoms with Gasteiger partial charge in [0, 0.05) is 35.8 Å². The minimum atomic E-state index is -4.77. The van der Waals surface area contributed by atoms with Crippen LogP contribution in [0.2, 0.25) is 0 Å². The van der Waals surface area contributed by atoms with Crippen LogP contribution >= 0.6 is 0 Å². The number of fused-ring (bicyclic) bond motifs is 1. The summed E-state index contributed by atoms with van der Waals surface area (Å²) in [5.41, 5.74) is -0.144. The number of aromatic amines is 1. The van der Waals surface area contributed by atoms with Crippen LogP contribution in [0.15, 0.2) is 72.2 Å². The number of urea groups is 1. The van der Waals surface area contributed by atoms with Gasteiger partial charge in [0.1, 0.15) is 17.1 Å². The maximum absolute atomic E-state index is 13.3. The number of aromatic nitrogens is 2. The zero-order valence-corrected chi connectivity index (χ0v) is 17.5. The van der Waals surface area contributed by atoms with Gasteiger partial charge in [-0.1, -0.05) is 6.08 Å². The molecule has 2 aromatic heterocycles. The number of anilines is 1. The molecule has 0 radical (unpaired) electrons. The summed E-state index contributed by atoms with van der Waals surface area (Å²) in [6.45, 7) is 0. The number of pyridine rings is 1. The number of rotatable bonds is 6. The summed E-state index contributed by atoms with van der Waals surface area (Å²) < 4.78 is 70.9. The summed E-state index contributed by atoms with van der Waals surface area (Å²) in [5, 5.41) is 5.63. The number of ether oxygens (including phenoxy) is 1. The Morgan fingerprint density at radius 1 is 1.15 bits per heavy atom. The largest absolute Gasteiger partial charge is 0.457 e. The van der Waals surface area contributed by atoms with E-state index >= 15 is 0 Å². The molecule has 1 aliphatic rings. The normalized spacial score (nSPS) is 16.2. The van der Waals surface area contributed by atoms with Crippen molar-refractivity contribution in [3.05, 3.63) is 72.2 Å². The Labute approximate surface area is 190 Å². The monoisotopic (exact) mass is 478 g/mol. The van der Waals surface area contributed by atoms with Crippen molar-refractivity contribution in [2.45, 2.75) is 25.4 Å². The number of benzene rings is 1. The zero-order chi connectivity index (χ0) is 24.3. The molecular formula is C23H19F5N4O2. The Morgan fingerprint density at radius 2 is 1.91 bits per heavy atom. The molecule has 6 nitrogen and oxygen atoms in total. The topological polar surface area (TPSA) is 79.0 Å². The summed E-state index contributed by atoms with van der Waals surface area (Å²) in [6.07, 6.45) is -3.44. The second kappa shape index (κ2) is 9.54. The predicted molar refractivity (Wildman–Crippen MR) is 116 cm³/mol. The lowest BCUT2D eigenvalue weighted by atomic mass is 9.87. The van der Waals surface area contributed by atoms with E-state index in [1.54, 1.807) is 42.7 Å². The summed E-state index contributed by atoms with van der Waals surface area (Å²) in [4.78, 5) is 19.4. The van der Waals surface area contributed by atoms with E-state index in [2.05, 4.69) is 20.6 Å². The van der Waals surface area contributed by atoms with Gasteiger partial charge in [-0.15, -0.1) is 0 Å². The molecule has 3 N–H and O–H groups in total. The molecule has 1 atom stereocenters. The smallest absolute Gasteiger partial charge is 0.413 e. The van der Waals surface area contributed by atoms with Gasteiger partial charge in [0.2, 0.25) is 6.43 Å². The first-order valence-corrected chi connectivity index (χ1v) is 10.2. The molecule has 3 aromatic rings. The number of carbonyl (C=O) groups excluding carboxylic acids is 1. The minimum absolute atomic E-state index is 0.108. The molecule has 0 saturated heterocycles. The van der Waals surface area contributed by atoms with Crippen LogP contribution in [0, 0.1) is 5.92 Å². The standard InChI is InChI=1S/C23H19F5N4O2/c24-20(25)11-13-1-2-15(12-18(13)23(26,27)28)32-22(33)31-14-3-5-16(6-4-14)34-19-8-10-30-21-17(19)7-9-29-21/h2-10,12-13,20H,1,11H2,(H,29,30)(H2,31,32,33). The molecule has 0 saturated carbocycles. The van der Waals surface area contributed by atoms with Crippen molar-refractivity contribution < 1.29 is 31.5 Å². The molecule has 34 heavy (non-hydrogen) atoms. The fraction of sp³-hybridized carbons (Fsp3) is 0.217. The van der Waals surface area contributed by atoms with Gasteiger partial charge in [-0.05, 0) is 54.8 Å². The third-order valence-electron chi connectivity index (χ3n) is 5.18. The van der Waals surface area contributed by atoms with Crippen LogP contribution in [0.5, 0.6) is 11.5 Å². The van der Waals surface area contributed by atoms with E-state index in [4.69, 9.17) is 4.74 Å². The molecule has 11 heteroatoms. The summed E-state index contributed by atoms with van der Waals surface area (Å²) in [5.74, 6) is -0.266. The predicted octanol–water partition coefficient (Wildman–Crippen LogP) is 6.52. The number of halogens is 5. The van der Waals surface area contributed by atoms with Crippen LogP contribution in [0.1, 0.15) is 12.8 Å². The fourth-order valence-electron chi connectivity index (χ4n) is 3.63. The second-order valence-electron chi connectivity index (χ2n) is 7.57. The maximum Gasteiger partial charge on any atom is 0.413 e. The first-order valence-electron chi connectivity index (χ1n) is 10.2. The van der Waals surface area contributed by atoms with Crippen molar-refractivity contribution in [2.75, 3.05) is 5.32 Å². The molecule has 0 bridgehead atoms. The van der Waals surface area contributed by atoms with Gasteiger partial charge >= 0.3 is 12.2 Å². The van der Waals surface area contributed by atoms with E-state index in [1.807, 2.05) is 6.07 Å². The zero-order valence-electron chi connectivity index (χ0n) is 17.5. The van der Waals surface area contributed by atoms with Crippen molar-refractivity contribution in [3.63, 3.8) is 0 Å². The molecule has 0 aliphatic heterocycles. The first-order chi connectivity index (χ1) is 16.2. The van der Waals surface area contributed by atoms with Gasteiger partial charge in [0.25, 0.3) is 0 Å². The Bertz CT molecular complexity index is 1230. The number of hydrogen-bond acceptors (Lipinski definition) is 3. The van der Waals surface area contributed by atoms with E-state index in [0.29, 0.717) is 28.9 Å². The molecule has 1 unspecified atom stereocenters. The molecule has 2 amide bonds. The fourth-order valence-corrected chi connectivity index (χ4v) is 3.63. The highest BCUT2D eigenvalue weighted by atomic mass is 19.4. The number of alkyl halides is 5. The van der Waals surface area contributed by atoms with Gasteiger partial charge in [-0.2, -0.15) is 13.2 Å². The molecule has 0 spiro atoms. The van der Waals surface area contributed by atoms with Gasteiger partial charge < -0.3 is 20.4 Å². The molecule has 2 heterocycles. The van der Waals surface area contributed by atoms with E-state index < -0.39 is 36.5 Å². The summed E-state index contributed by atoms with van der Waals surface area (Å²) in [7, 11) is 0. The van der Waals surface area contributed by atoms with Crippen molar-refractivity contribution in [1.29, 1.82) is 0 Å². The van der Waals surface area contributed by atoms with Crippen LogP contribution in [0.3, 0.4) is 0 Å². The Hall–Kier alpha value is -3.89. The number of nitrogens with zero attached hydrogens (tertiary/aromatic N) is 1. The first kappa shape index (κ1) is 23.3. The van der Waals surface area contributed by atoms with Crippen LogP contribution in [0.25, 0.3) is 11.0 Å². The Kier molecular flexibility index (Phi) is 6.53. The highest BCUT2D eigenvalue weighted by Crippen LogP contribution is 2.39. The average molecular weight is 478 g/mol. The van der Waals surface area contributed by atoms with Crippen LogP contribution in [-0.2, 0) is 0 Å². The SMILES string of the molecule is O=C(NC1=CCC(CC(F)F)C(C(F)(F)F)=C1)Nc1ccc(Oc2ccnc3[nH]ccc23)cc1. The van der Waals surface area contributed by atoms with E-state index in [0.717, 1.165) is 5.39 Å². The number of carbonyl (C=O) groups is 1. The highest BCUT2D eigenvalue weighted by molar-refractivity contribution is 5.90. The van der Waals surface area contributed by atoms with Crippen LogP contribution in [0.4, 0.5) is 32.4 Å². The molecular weight excluding hydrogens is 459 g/mol. The number of amides is 2. The second-order valence-corrected chi connectivity index (χ2v) is 7.57. The van der Waals surface area contributed by atoms with E-state index in [-0.39, 0.29) is 12.1 Å². The Morgan fingerprint density at radius 3 is 2.62 bits per heavy atom. The lowest BCUT2D eigenvalue weighted by Crippen LogP contribution is -2.31. The van der Waals surface area contributed by atoms with Crippen LogP contribution in [-0.4, -0.2) is 28.6 Å². The average Bonchev–Trinajstić information content (AvgIpc) is 3.25. The molecule has 4 rings (SSSR count). The molecule has 178 valence electrons. The van der Waals surface area contributed by atoms with Crippen LogP contribution < -0.4 is 15.4 Å². The third-order valence-corrected chi connectivity index (χ3v) is 5.18. The number of nitrogens with one attached hydrogen (secondary N) is 3.